The van der Waals surface area contributed by atoms with Crippen molar-refractivity contribution < 1.29 is 4.79 Å². The van der Waals surface area contributed by atoms with Crippen molar-refractivity contribution in [3.63, 3.8) is 0 Å². The first-order valence-electron chi connectivity index (χ1n) is 6.64. The average Bonchev–Trinajstić information content (AvgIpc) is 2.37. The number of halogens is 1. The second-order valence-electron chi connectivity index (χ2n) is 5.09. The lowest BCUT2D eigenvalue weighted by Crippen LogP contribution is -2.10. The van der Waals surface area contributed by atoms with Gasteiger partial charge in [0.25, 0.3) is 0 Å². The largest absolute Gasteiger partial charge is 0.289 e. The lowest BCUT2D eigenvalue weighted by atomic mass is 9.79. The van der Waals surface area contributed by atoms with Crippen molar-refractivity contribution in [2.45, 2.75) is 25.2 Å². The summed E-state index contributed by atoms with van der Waals surface area (Å²) in [4.78, 5) is 12.4. The van der Waals surface area contributed by atoms with Gasteiger partial charge in [-0.15, -0.1) is 0 Å². The summed E-state index contributed by atoms with van der Waals surface area (Å²) in [5.41, 5.74) is 2.90. The van der Waals surface area contributed by atoms with Crippen LogP contribution in [0.3, 0.4) is 0 Å². The summed E-state index contributed by atoms with van der Waals surface area (Å²) < 4.78 is 1.15. The zero-order valence-corrected chi connectivity index (χ0v) is 12.8. The molecule has 0 bridgehead atoms. The van der Waals surface area contributed by atoms with E-state index in [2.05, 4.69) is 34.7 Å². The maximum atomic E-state index is 12.4. The third kappa shape index (κ3) is 2.73. The third-order valence-corrected chi connectivity index (χ3v) is 4.55. The Morgan fingerprint density at radius 2 is 1.74 bits per heavy atom. The predicted molar refractivity (Wildman–Crippen MR) is 85.6 cm³/mol. The molecule has 1 aliphatic rings. The summed E-state index contributed by atoms with van der Waals surface area (Å²) in [7, 11) is 0. The van der Waals surface area contributed by atoms with Gasteiger partial charge in [0.1, 0.15) is 0 Å². The molecule has 0 unspecified atom stereocenters. The van der Waals surface area contributed by atoms with E-state index in [1.165, 1.54) is 24.8 Å². The van der Waals surface area contributed by atoms with Gasteiger partial charge in [-0.3, -0.25) is 4.79 Å². The number of benzene rings is 2. The minimum atomic E-state index is 0.123. The molecule has 0 saturated heterocycles. The number of carbonyl (C=O) groups is 1. The van der Waals surface area contributed by atoms with Gasteiger partial charge in [-0.1, -0.05) is 24.6 Å². The molecule has 1 saturated carbocycles. The minimum Gasteiger partial charge on any atom is -0.289 e. The monoisotopic (exact) mass is 362 g/mol. The maximum absolute atomic E-state index is 12.4. The number of ketones is 1. The molecule has 0 heterocycles. The first-order chi connectivity index (χ1) is 9.24. The molecule has 19 heavy (non-hydrogen) atoms. The van der Waals surface area contributed by atoms with Gasteiger partial charge >= 0.3 is 0 Å². The predicted octanol–water partition coefficient (Wildman–Crippen LogP) is 4.79. The maximum Gasteiger partial charge on any atom is 0.193 e. The number of carbonyl (C=O) groups excluding carboxylic acids is 1. The highest BCUT2D eigenvalue weighted by Gasteiger charge is 2.20. The second-order valence-corrected chi connectivity index (χ2v) is 6.33. The SMILES string of the molecule is O=C(c1ccc(I)cc1)c1cccc(C2CCC2)c1. The van der Waals surface area contributed by atoms with Crippen LogP contribution in [0, 0.1) is 3.57 Å². The Morgan fingerprint density at radius 3 is 2.37 bits per heavy atom. The van der Waals surface area contributed by atoms with E-state index in [4.69, 9.17) is 0 Å². The van der Waals surface area contributed by atoms with Crippen molar-refractivity contribution in [1.29, 1.82) is 0 Å². The van der Waals surface area contributed by atoms with E-state index >= 15 is 0 Å². The summed E-state index contributed by atoms with van der Waals surface area (Å²) >= 11 is 2.25. The van der Waals surface area contributed by atoms with Gasteiger partial charge in [0.2, 0.25) is 0 Å². The van der Waals surface area contributed by atoms with Gasteiger partial charge in [0.05, 0.1) is 0 Å². The van der Waals surface area contributed by atoms with Crippen LogP contribution in [0.4, 0.5) is 0 Å². The molecule has 2 heteroatoms. The van der Waals surface area contributed by atoms with Crippen LogP contribution in [0.25, 0.3) is 0 Å². The van der Waals surface area contributed by atoms with Crippen molar-refractivity contribution in [3.05, 3.63) is 68.8 Å². The van der Waals surface area contributed by atoms with Crippen LogP contribution < -0.4 is 0 Å². The van der Waals surface area contributed by atoms with E-state index in [0.717, 1.165) is 14.7 Å². The Kier molecular flexibility index (Phi) is 3.69. The van der Waals surface area contributed by atoms with Gasteiger partial charge in [-0.05, 0) is 77.2 Å². The van der Waals surface area contributed by atoms with Crippen molar-refractivity contribution in [2.75, 3.05) is 0 Å². The first kappa shape index (κ1) is 12.9. The summed E-state index contributed by atoms with van der Waals surface area (Å²) in [6.45, 7) is 0. The fourth-order valence-corrected chi connectivity index (χ4v) is 2.80. The van der Waals surface area contributed by atoms with Crippen molar-refractivity contribution in [3.8, 4) is 0 Å². The molecule has 0 atom stereocenters. The fourth-order valence-electron chi connectivity index (χ4n) is 2.44. The summed E-state index contributed by atoms with van der Waals surface area (Å²) in [6, 6.07) is 15.9. The molecule has 0 N–H and O–H groups in total. The fraction of sp³-hybridized carbons (Fsp3) is 0.235. The van der Waals surface area contributed by atoms with Gasteiger partial charge < -0.3 is 0 Å². The van der Waals surface area contributed by atoms with Crippen LogP contribution in [-0.2, 0) is 0 Å². The van der Waals surface area contributed by atoms with Gasteiger partial charge in [0, 0.05) is 14.7 Å². The number of hydrogen-bond donors (Lipinski definition) is 0. The topological polar surface area (TPSA) is 17.1 Å². The van der Waals surface area contributed by atoms with E-state index < -0.39 is 0 Å². The normalized spacial score (nSPS) is 15.0. The molecule has 1 fully saturated rings. The Morgan fingerprint density at radius 1 is 1.00 bits per heavy atom. The Balaban J connectivity index is 1.88. The van der Waals surface area contributed by atoms with Crippen LogP contribution in [0.15, 0.2) is 48.5 Å². The van der Waals surface area contributed by atoms with Gasteiger partial charge in [-0.25, -0.2) is 0 Å². The minimum absolute atomic E-state index is 0.123. The highest BCUT2D eigenvalue weighted by atomic mass is 127. The Labute approximate surface area is 127 Å². The van der Waals surface area contributed by atoms with E-state index in [1.54, 1.807) is 0 Å². The molecule has 0 aromatic heterocycles. The zero-order valence-electron chi connectivity index (χ0n) is 10.6. The molecule has 0 spiro atoms. The molecule has 0 amide bonds. The lowest BCUT2D eigenvalue weighted by Gasteiger charge is -2.26. The van der Waals surface area contributed by atoms with E-state index in [0.29, 0.717) is 5.92 Å². The molecule has 3 rings (SSSR count). The highest BCUT2D eigenvalue weighted by Crippen LogP contribution is 2.36. The summed E-state index contributed by atoms with van der Waals surface area (Å²) in [5.74, 6) is 0.794. The molecule has 0 aliphatic heterocycles. The number of hydrogen-bond acceptors (Lipinski definition) is 1. The molecule has 1 nitrogen and oxygen atoms in total. The van der Waals surface area contributed by atoms with E-state index in [1.807, 2.05) is 36.4 Å². The lowest BCUT2D eigenvalue weighted by molar-refractivity contribution is 0.103. The van der Waals surface area contributed by atoms with Crippen molar-refractivity contribution in [2.24, 2.45) is 0 Å². The summed E-state index contributed by atoms with van der Waals surface area (Å²) in [5, 5.41) is 0. The molecule has 96 valence electrons. The average molecular weight is 362 g/mol. The van der Waals surface area contributed by atoms with Gasteiger partial charge in [-0.2, -0.15) is 0 Å². The smallest absolute Gasteiger partial charge is 0.193 e. The molecule has 2 aromatic rings. The second kappa shape index (κ2) is 5.45. The third-order valence-electron chi connectivity index (χ3n) is 3.83. The van der Waals surface area contributed by atoms with Crippen molar-refractivity contribution in [1.82, 2.24) is 0 Å². The van der Waals surface area contributed by atoms with E-state index in [9.17, 15) is 4.79 Å². The standard InChI is InChI=1S/C17H15IO/c18-16-9-7-13(8-10-16)17(19)15-6-2-5-14(11-15)12-3-1-4-12/h2,5-12H,1,3-4H2. The van der Waals surface area contributed by atoms with Crippen LogP contribution in [0.5, 0.6) is 0 Å². The van der Waals surface area contributed by atoms with Crippen molar-refractivity contribution >= 4 is 28.4 Å². The first-order valence-corrected chi connectivity index (χ1v) is 7.72. The highest BCUT2D eigenvalue weighted by molar-refractivity contribution is 14.1. The molecular formula is C17H15IO. The molecule has 1 aliphatic carbocycles. The molecular weight excluding hydrogens is 347 g/mol. The van der Waals surface area contributed by atoms with Crippen LogP contribution in [-0.4, -0.2) is 5.78 Å². The Hall–Kier alpha value is -1.16. The molecule has 0 radical (unpaired) electrons. The van der Waals surface area contributed by atoms with Crippen LogP contribution in [0.2, 0.25) is 0 Å². The molecule has 2 aromatic carbocycles. The van der Waals surface area contributed by atoms with Crippen LogP contribution >= 0.6 is 22.6 Å². The Bertz CT molecular complexity index is 597. The van der Waals surface area contributed by atoms with E-state index in [-0.39, 0.29) is 5.78 Å². The summed E-state index contributed by atoms with van der Waals surface area (Å²) in [6.07, 6.45) is 3.85. The zero-order chi connectivity index (χ0) is 13.2. The number of rotatable bonds is 3. The van der Waals surface area contributed by atoms with Gasteiger partial charge in [0.15, 0.2) is 5.78 Å². The van der Waals surface area contributed by atoms with Crippen LogP contribution in [0.1, 0.15) is 46.7 Å². The quantitative estimate of drug-likeness (QED) is 0.567.